The largest absolute Gasteiger partial charge is 0.395 e. The number of sulfonamides is 1. The van der Waals surface area contributed by atoms with Gasteiger partial charge in [0, 0.05) is 6.04 Å². The van der Waals surface area contributed by atoms with E-state index in [1.807, 2.05) is 0 Å². The Morgan fingerprint density at radius 1 is 1.28 bits per heavy atom. The highest BCUT2D eigenvalue weighted by Crippen LogP contribution is 2.34. The predicted octanol–water partition coefficient (Wildman–Crippen LogP) is 2.70. The molecule has 0 aliphatic carbocycles. The lowest BCUT2D eigenvalue weighted by Gasteiger charge is -2.15. The van der Waals surface area contributed by atoms with E-state index in [1.54, 1.807) is 6.92 Å². The molecule has 0 aliphatic rings. The predicted molar refractivity (Wildman–Crippen MR) is 73.0 cm³/mol. The summed E-state index contributed by atoms with van der Waals surface area (Å²) in [6.07, 6.45) is 0.453. The van der Waals surface area contributed by atoms with Crippen molar-refractivity contribution in [2.45, 2.75) is 24.3 Å². The summed E-state index contributed by atoms with van der Waals surface area (Å²) in [5, 5.41) is 9.02. The Bertz CT molecular complexity index is 529. The molecule has 0 unspecified atom stereocenters. The van der Waals surface area contributed by atoms with Crippen molar-refractivity contribution in [3.8, 4) is 0 Å². The second kappa shape index (κ2) is 6.41. The van der Waals surface area contributed by atoms with Gasteiger partial charge in [0.15, 0.2) is 0 Å². The second-order valence-electron chi connectivity index (χ2n) is 3.58. The Balaban J connectivity index is 3.17. The summed E-state index contributed by atoms with van der Waals surface area (Å²) in [6.45, 7) is 1.45. The van der Waals surface area contributed by atoms with Crippen molar-refractivity contribution in [2.24, 2.45) is 0 Å². The molecule has 0 radical (unpaired) electrons. The molecule has 1 atom stereocenters. The van der Waals surface area contributed by atoms with Crippen LogP contribution >= 0.6 is 34.8 Å². The number of nitrogens with one attached hydrogen (secondary N) is 1. The number of benzene rings is 1. The lowest BCUT2D eigenvalue weighted by molar-refractivity contribution is 0.254. The highest BCUT2D eigenvalue weighted by atomic mass is 35.5. The Hall–Kier alpha value is -0.0400. The van der Waals surface area contributed by atoms with Gasteiger partial charge >= 0.3 is 0 Å². The van der Waals surface area contributed by atoms with Crippen LogP contribution in [0.3, 0.4) is 0 Å². The maximum Gasteiger partial charge on any atom is 0.242 e. The lowest BCUT2D eigenvalue weighted by atomic mass is 10.3. The molecule has 0 spiro atoms. The molecule has 0 fully saturated rings. The van der Waals surface area contributed by atoms with Gasteiger partial charge in [-0.05, 0) is 18.6 Å². The van der Waals surface area contributed by atoms with Crippen LogP contribution in [0.2, 0.25) is 15.1 Å². The monoisotopic (exact) mass is 331 g/mol. The van der Waals surface area contributed by atoms with E-state index in [2.05, 4.69) is 4.72 Å². The van der Waals surface area contributed by atoms with Crippen LogP contribution in [0.15, 0.2) is 17.0 Å². The molecule has 1 rings (SSSR count). The third-order valence-electron chi connectivity index (χ3n) is 2.32. The summed E-state index contributed by atoms with van der Waals surface area (Å²) < 4.78 is 26.4. The van der Waals surface area contributed by atoms with Gasteiger partial charge in [0.2, 0.25) is 10.0 Å². The van der Waals surface area contributed by atoms with Crippen LogP contribution in [0.1, 0.15) is 13.3 Å². The number of hydrogen-bond donors (Lipinski definition) is 2. The molecule has 0 heterocycles. The number of rotatable bonds is 5. The fourth-order valence-corrected chi connectivity index (χ4v) is 3.54. The van der Waals surface area contributed by atoms with Gasteiger partial charge in [0.05, 0.1) is 21.7 Å². The van der Waals surface area contributed by atoms with Gasteiger partial charge in [-0.3, -0.25) is 0 Å². The number of hydrogen-bond acceptors (Lipinski definition) is 3. The van der Waals surface area contributed by atoms with Crippen molar-refractivity contribution in [1.82, 2.24) is 4.72 Å². The molecule has 1 aromatic rings. The molecule has 0 saturated carbocycles. The van der Waals surface area contributed by atoms with E-state index in [-0.39, 0.29) is 26.6 Å². The molecule has 8 heteroatoms. The minimum absolute atomic E-state index is 0.0155. The van der Waals surface area contributed by atoms with Crippen molar-refractivity contribution in [2.75, 3.05) is 6.61 Å². The summed E-state index contributed by atoms with van der Waals surface area (Å²) in [5.74, 6) is 0. The summed E-state index contributed by atoms with van der Waals surface area (Å²) in [7, 11) is -3.84. The van der Waals surface area contributed by atoms with E-state index in [4.69, 9.17) is 39.9 Å². The maximum atomic E-state index is 12.0. The van der Waals surface area contributed by atoms with E-state index in [9.17, 15) is 8.42 Å². The molecule has 0 aliphatic heterocycles. The molecule has 0 aromatic heterocycles. The molecule has 2 N–H and O–H groups in total. The number of aliphatic hydroxyl groups is 1. The first-order valence-electron chi connectivity index (χ1n) is 5.10. The van der Waals surface area contributed by atoms with Crippen molar-refractivity contribution in [1.29, 1.82) is 0 Å². The highest BCUT2D eigenvalue weighted by Gasteiger charge is 2.23. The molecule has 1 aromatic carbocycles. The smallest absolute Gasteiger partial charge is 0.242 e. The zero-order chi connectivity index (χ0) is 13.9. The Morgan fingerprint density at radius 2 is 1.89 bits per heavy atom. The summed E-state index contributed by atoms with van der Waals surface area (Å²) in [6, 6.07) is 2.05. The molecule has 0 saturated heterocycles. The van der Waals surface area contributed by atoms with Crippen LogP contribution in [0.4, 0.5) is 0 Å². The van der Waals surface area contributed by atoms with Crippen molar-refractivity contribution < 1.29 is 13.5 Å². The van der Waals surface area contributed by atoms with Crippen molar-refractivity contribution >= 4 is 44.8 Å². The number of halogens is 3. The summed E-state index contributed by atoms with van der Waals surface area (Å²) >= 11 is 17.4. The van der Waals surface area contributed by atoms with Gasteiger partial charge in [-0.1, -0.05) is 41.7 Å². The first-order valence-corrected chi connectivity index (χ1v) is 7.71. The average molecular weight is 333 g/mol. The first-order chi connectivity index (χ1) is 8.33. The zero-order valence-corrected chi connectivity index (χ0v) is 12.5. The minimum atomic E-state index is -3.84. The van der Waals surface area contributed by atoms with Gasteiger partial charge < -0.3 is 5.11 Å². The maximum absolute atomic E-state index is 12.0. The van der Waals surface area contributed by atoms with Crippen LogP contribution in [0.5, 0.6) is 0 Å². The summed E-state index contributed by atoms with van der Waals surface area (Å²) in [4.78, 5) is -0.162. The van der Waals surface area contributed by atoms with E-state index in [0.29, 0.717) is 6.42 Å². The zero-order valence-electron chi connectivity index (χ0n) is 9.45. The average Bonchev–Trinajstić information content (AvgIpc) is 2.32. The first kappa shape index (κ1) is 16.0. The number of aliphatic hydroxyl groups excluding tert-OH is 1. The Kier molecular flexibility index (Phi) is 5.70. The third-order valence-corrected chi connectivity index (χ3v) is 5.29. The van der Waals surface area contributed by atoms with E-state index in [0.717, 1.165) is 0 Å². The molecule has 18 heavy (non-hydrogen) atoms. The topological polar surface area (TPSA) is 66.4 Å². The van der Waals surface area contributed by atoms with Crippen LogP contribution in [-0.4, -0.2) is 26.2 Å². The van der Waals surface area contributed by atoms with Crippen molar-refractivity contribution in [3.05, 3.63) is 27.2 Å². The van der Waals surface area contributed by atoms with E-state index in [1.165, 1.54) is 12.1 Å². The normalized spacial score (nSPS) is 13.6. The summed E-state index contributed by atoms with van der Waals surface area (Å²) in [5.41, 5.74) is 0. The fourth-order valence-electron chi connectivity index (χ4n) is 1.25. The van der Waals surface area contributed by atoms with Gasteiger partial charge in [0.1, 0.15) is 4.90 Å². The van der Waals surface area contributed by atoms with Gasteiger partial charge in [0.25, 0.3) is 0 Å². The van der Waals surface area contributed by atoms with E-state index < -0.39 is 16.1 Å². The second-order valence-corrected chi connectivity index (χ2v) is 6.43. The van der Waals surface area contributed by atoms with Gasteiger partial charge in [-0.25, -0.2) is 13.1 Å². The van der Waals surface area contributed by atoms with Crippen LogP contribution in [-0.2, 0) is 10.0 Å². The fraction of sp³-hybridized carbons (Fsp3) is 0.400. The molecule has 0 bridgehead atoms. The SMILES string of the molecule is CC[C@H](CO)NS(=O)(=O)c1ccc(Cl)c(Cl)c1Cl. The molecule has 102 valence electrons. The van der Waals surface area contributed by atoms with Gasteiger partial charge in [-0.2, -0.15) is 0 Å². The standard InChI is InChI=1S/C10H12Cl3NO3S/c1-2-6(5-15)14-18(16,17)8-4-3-7(11)9(12)10(8)13/h3-4,6,14-15H,2,5H2,1H3/t6-/m1/s1. The molecule has 0 amide bonds. The quantitative estimate of drug-likeness (QED) is 0.815. The van der Waals surface area contributed by atoms with Crippen LogP contribution < -0.4 is 4.72 Å². The van der Waals surface area contributed by atoms with E-state index >= 15 is 0 Å². The molecule has 4 nitrogen and oxygen atoms in total. The third kappa shape index (κ3) is 3.50. The Labute approximate surface area is 121 Å². The van der Waals surface area contributed by atoms with Crippen LogP contribution in [0, 0.1) is 0 Å². The van der Waals surface area contributed by atoms with Gasteiger partial charge in [-0.15, -0.1) is 0 Å². The van der Waals surface area contributed by atoms with Crippen molar-refractivity contribution in [3.63, 3.8) is 0 Å². The highest BCUT2D eigenvalue weighted by molar-refractivity contribution is 7.89. The molecular weight excluding hydrogens is 321 g/mol. The molecular formula is C10H12Cl3NO3S. The minimum Gasteiger partial charge on any atom is -0.395 e. The lowest BCUT2D eigenvalue weighted by Crippen LogP contribution is -2.37. The van der Waals surface area contributed by atoms with Crippen LogP contribution in [0.25, 0.3) is 0 Å². The Morgan fingerprint density at radius 3 is 2.39 bits per heavy atom.